The Morgan fingerprint density at radius 2 is 1.74 bits per heavy atom. The van der Waals surface area contributed by atoms with Gasteiger partial charge in [0.25, 0.3) is 0 Å². The number of nitrogens with one attached hydrogen (secondary N) is 1. The van der Waals surface area contributed by atoms with Gasteiger partial charge in [-0.05, 0) is 52.3 Å². The van der Waals surface area contributed by atoms with Gasteiger partial charge in [0.1, 0.15) is 0 Å². The average Bonchev–Trinajstić information content (AvgIpc) is 2.41. The van der Waals surface area contributed by atoms with E-state index in [1.807, 2.05) is 12.1 Å². The van der Waals surface area contributed by atoms with Gasteiger partial charge in [0.2, 0.25) is 0 Å². The second-order valence-corrected chi connectivity index (χ2v) is 5.27. The van der Waals surface area contributed by atoms with Gasteiger partial charge in [-0.3, -0.25) is 0 Å². The molecule has 0 saturated heterocycles. The number of halogens is 4. The smallest absolute Gasteiger partial charge is 0.173 e. The second kappa shape index (κ2) is 5.99. The molecule has 5 heteroatoms. The molecule has 0 heterocycles. The number of rotatable bonds is 3. The van der Waals surface area contributed by atoms with E-state index in [-0.39, 0.29) is 10.5 Å². The SMILES string of the molecule is CNC(c1ccc(Cl)cc1)c1ccc(F)c(F)c1Br. The van der Waals surface area contributed by atoms with Crippen LogP contribution >= 0.6 is 27.5 Å². The number of benzene rings is 2. The first kappa shape index (κ1) is 14.4. The summed E-state index contributed by atoms with van der Waals surface area (Å²) in [4.78, 5) is 0. The standard InChI is InChI=1S/C14H11BrClF2N/c1-19-14(8-2-4-9(16)5-3-8)10-6-7-11(17)13(18)12(10)15/h2-7,14,19H,1H3. The number of hydrogen-bond acceptors (Lipinski definition) is 1. The van der Waals surface area contributed by atoms with Crippen molar-refractivity contribution in [2.24, 2.45) is 0 Å². The Bertz CT molecular complexity index is 587. The number of hydrogen-bond donors (Lipinski definition) is 1. The summed E-state index contributed by atoms with van der Waals surface area (Å²) in [5.41, 5.74) is 1.54. The lowest BCUT2D eigenvalue weighted by molar-refractivity contribution is 0.499. The molecule has 1 nitrogen and oxygen atoms in total. The molecule has 0 bridgehead atoms. The summed E-state index contributed by atoms with van der Waals surface area (Å²) < 4.78 is 26.9. The van der Waals surface area contributed by atoms with Crippen molar-refractivity contribution < 1.29 is 8.78 Å². The van der Waals surface area contributed by atoms with Crippen LogP contribution in [0.4, 0.5) is 8.78 Å². The molecule has 19 heavy (non-hydrogen) atoms. The van der Waals surface area contributed by atoms with Crippen LogP contribution < -0.4 is 5.32 Å². The predicted molar refractivity (Wildman–Crippen MR) is 76.4 cm³/mol. The lowest BCUT2D eigenvalue weighted by Crippen LogP contribution is -2.18. The molecule has 2 aromatic carbocycles. The maximum absolute atomic E-state index is 13.6. The highest BCUT2D eigenvalue weighted by Crippen LogP contribution is 2.31. The lowest BCUT2D eigenvalue weighted by Gasteiger charge is -2.19. The normalized spacial score (nSPS) is 12.5. The topological polar surface area (TPSA) is 12.0 Å². The van der Waals surface area contributed by atoms with Gasteiger partial charge in [0, 0.05) is 5.02 Å². The fraction of sp³-hybridized carbons (Fsp3) is 0.143. The summed E-state index contributed by atoms with van der Waals surface area (Å²) in [6.07, 6.45) is 0. The summed E-state index contributed by atoms with van der Waals surface area (Å²) >= 11 is 8.95. The predicted octanol–water partition coefficient (Wildman–Crippen LogP) is 4.69. The first-order chi connectivity index (χ1) is 9.04. The molecule has 0 aliphatic heterocycles. The molecule has 0 spiro atoms. The minimum atomic E-state index is -0.883. The van der Waals surface area contributed by atoms with E-state index in [0.717, 1.165) is 11.6 Å². The molecule has 100 valence electrons. The van der Waals surface area contributed by atoms with E-state index < -0.39 is 11.6 Å². The third-order valence-electron chi connectivity index (χ3n) is 2.87. The van der Waals surface area contributed by atoms with Crippen molar-refractivity contribution in [2.45, 2.75) is 6.04 Å². The Morgan fingerprint density at radius 3 is 2.32 bits per heavy atom. The Balaban J connectivity index is 2.48. The van der Waals surface area contributed by atoms with E-state index in [1.54, 1.807) is 25.2 Å². The van der Waals surface area contributed by atoms with E-state index in [0.29, 0.717) is 10.6 Å². The van der Waals surface area contributed by atoms with Crippen molar-refractivity contribution in [3.8, 4) is 0 Å². The molecular formula is C14H11BrClF2N. The van der Waals surface area contributed by atoms with Gasteiger partial charge in [-0.2, -0.15) is 0 Å². The molecule has 1 atom stereocenters. The maximum Gasteiger partial charge on any atom is 0.173 e. The lowest BCUT2D eigenvalue weighted by atomic mass is 9.99. The molecule has 0 amide bonds. The van der Waals surface area contributed by atoms with Gasteiger partial charge >= 0.3 is 0 Å². The minimum absolute atomic E-state index is 0.127. The molecule has 0 aliphatic rings. The van der Waals surface area contributed by atoms with Crippen LogP contribution in [0.3, 0.4) is 0 Å². The highest BCUT2D eigenvalue weighted by Gasteiger charge is 2.19. The molecule has 0 saturated carbocycles. The highest BCUT2D eigenvalue weighted by atomic mass is 79.9. The van der Waals surface area contributed by atoms with Crippen LogP contribution in [0, 0.1) is 11.6 Å². The van der Waals surface area contributed by atoms with Crippen LogP contribution in [-0.4, -0.2) is 7.05 Å². The van der Waals surface area contributed by atoms with Gasteiger partial charge in [-0.1, -0.05) is 29.8 Å². The first-order valence-corrected chi connectivity index (χ1v) is 6.77. The monoisotopic (exact) mass is 345 g/mol. The fourth-order valence-electron chi connectivity index (χ4n) is 1.92. The van der Waals surface area contributed by atoms with E-state index in [1.165, 1.54) is 0 Å². The summed E-state index contributed by atoms with van der Waals surface area (Å²) in [6.45, 7) is 0. The van der Waals surface area contributed by atoms with Crippen LogP contribution in [0.1, 0.15) is 17.2 Å². The molecule has 0 aromatic heterocycles. The highest BCUT2D eigenvalue weighted by molar-refractivity contribution is 9.10. The van der Waals surface area contributed by atoms with Crippen LogP contribution in [0.2, 0.25) is 5.02 Å². The largest absolute Gasteiger partial charge is 0.309 e. The molecule has 1 unspecified atom stereocenters. The zero-order valence-corrected chi connectivity index (χ0v) is 12.4. The van der Waals surface area contributed by atoms with Crippen molar-refractivity contribution >= 4 is 27.5 Å². The molecule has 0 radical (unpaired) electrons. The summed E-state index contributed by atoms with van der Waals surface area (Å²) in [5.74, 6) is -1.76. The van der Waals surface area contributed by atoms with Crippen molar-refractivity contribution in [1.82, 2.24) is 5.32 Å². The molecule has 2 aromatic rings. The van der Waals surface area contributed by atoms with E-state index in [9.17, 15) is 8.78 Å². The van der Waals surface area contributed by atoms with Crippen molar-refractivity contribution in [3.63, 3.8) is 0 Å². The zero-order chi connectivity index (χ0) is 14.0. The molecule has 2 rings (SSSR count). The fourth-order valence-corrected chi connectivity index (χ4v) is 2.60. The van der Waals surface area contributed by atoms with Crippen LogP contribution in [-0.2, 0) is 0 Å². The van der Waals surface area contributed by atoms with E-state index in [2.05, 4.69) is 21.2 Å². The van der Waals surface area contributed by atoms with E-state index >= 15 is 0 Å². The van der Waals surface area contributed by atoms with Crippen molar-refractivity contribution in [1.29, 1.82) is 0 Å². The van der Waals surface area contributed by atoms with Gasteiger partial charge in [-0.15, -0.1) is 0 Å². The van der Waals surface area contributed by atoms with Gasteiger partial charge < -0.3 is 5.32 Å². The van der Waals surface area contributed by atoms with E-state index in [4.69, 9.17) is 11.6 Å². The maximum atomic E-state index is 13.6. The van der Waals surface area contributed by atoms with Crippen molar-refractivity contribution in [2.75, 3.05) is 7.05 Å². The molecule has 0 aliphatic carbocycles. The Morgan fingerprint density at radius 1 is 1.11 bits per heavy atom. The quantitative estimate of drug-likeness (QED) is 0.795. The van der Waals surface area contributed by atoms with Crippen LogP contribution in [0.25, 0.3) is 0 Å². The minimum Gasteiger partial charge on any atom is -0.309 e. The zero-order valence-electron chi connectivity index (χ0n) is 10.1. The Kier molecular flexibility index (Phi) is 4.55. The summed E-state index contributed by atoms with van der Waals surface area (Å²) in [5, 5.41) is 3.71. The van der Waals surface area contributed by atoms with Gasteiger partial charge in [0.05, 0.1) is 10.5 Å². The average molecular weight is 347 g/mol. The third-order valence-corrected chi connectivity index (χ3v) is 3.93. The molecule has 1 N–H and O–H groups in total. The van der Waals surface area contributed by atoms with Crippen molar-refractivity contribution in [3.05, 3.63) is 68.7 Å². The second-order valence-electron chi connectivity index (χ2n) is 4.04. The van der Waals surface area contributed by atoms with Gasteiger partial charge in [-0.25, -0.2) is 8.78 Å². The van der Waals surface area contributed by atoms with Crippen LogP contribution in [0.15, 0.2) is 40.9 Å². The molecular weight excluding hydrogens is 336 g/mol. The Labute approximate surface area is 123 Å². The summed E-state index contributed by atoms with van der Waals surface area (Å²) in [6, 6.07) is 9.63. The Hall–Kier alpha value is -0.970. The van der Waals surface area contributed by atoms with Gasteiger partial charge in [0.15, 0.2) is 11.6 Å². The first-order valence-electron chi connectivity index (χ1n) is 5.60. The molecule has 0 fully saturated rings. The van der Waals surface area contributed by atoms with Crippen LogP contribution in [0.5, 0.6) is 0 Å². The third kappa shape index (κ3) is 2.96. The summed E-state index contributed by atoms with van der Waals surface area (Å²) in [7, 11) is 1.76.